The van der Waals surface area contributed by atoms with Gasteiger partial charge in [-0.25, -0.2) is 4.39 Å². The van der Waals surface area contributed by atoms with Crippen LogP contribution in [0.1, 0.15) is 28.6 Å². The number of hydrogen-bond acceptors (Lipinski definition) is 3. The van der Waals surface area contributed by atoms with Crippen LogP contribution < -0.4 is 11.3 Å². The molecule has 1 aromatic heterocycles. The second-order valence-corrected chi connectivity index (χ2v) is 5.71. The first-order chi connectivity index (χ1) is 9.43. The van der Waals surface area contributed by atoms with E-state index < -0.39 is 0 Å². The Morgan fingerprint density at radius 1 is 1.45 bits per heavy atom. The van der Waals surface area contributed by atoms with Crippen molar-refractivity contribution in [1.82, 2.24) is 15.2 Å². The minimum Gasteiger partial charge on any atom is -0.271 e. The predicted octanol–water partition coefficient (Wildman–Crippen LogP) is 2.69. The molecule has 0 saturated heterocycles. The van der Waals surface area contributed by atoms with Gasteiger partial charge < -0.3 is 0 Å². The van der Waals surface area contributed by atoms with Crippen molar-refractivity contribution in [1.29, 1.82) is 0 Å². The largest absolute Gasteiger partial charge is 0.271 e. The van der Waals surface area contributed by atoms with Crippen LogP contribution in [0.3, 0.4) is 0 Å². The van der Waals surface area contributed by atoms with Crippen LogP contribution in [0.2, 0.25) is 0 Å². The first-order valence-electron chi connectivity index (χ1n) is 6.34. The summed E-state index contributed by atoms with van der Waals surface area (Å²) in [7, 11) is 1.87. The zero-order valence-corrected chi connectivity index (χ0v) is 13.3. The number of nitrogens with zero attached hydrogens (tertiary/aromatic N) is 2. The number of hydrazine groups is 1. The molecule has 0 saturated carbocycles. The smallest absolute Gasteiger partial charge is 0.128 e. The molecule has 2 rings (SSSR count). The molecule has 0 amide bonds. The van der Waals surface area contributed by atoms with Gasteiger partial charge in [0, 0.05) is 19.0 Å². The Bertz CT molecular complexity index is 624. The summed E-state index contributed by atoms with van der Waals surface area (Å²) in [4.78, 5) is 0. The fourth-order valence-electron chi connectivity index (χ4n) is 2.28. The number of halogens is 2. The molecule has 0 radical (unpaired) electrons. The van der Waals surface area contributed by atoms with Crippen molar-refractivity contribution in [3.05, 3.63) is 51.0 Å². The third-order valence-corrected chi connectivity index (χ3v) is 4.42. The molecule has 3 N–H and O–H groups in total. The molecule has 4 nitrogen and oxygen atoms in total. The fraction of sp³-hybridized carbons (Fsp3) is 0.357. The molecule has 1 atom stereocenters. The molecule has 0 bridgehead atoms. The van der Waals surface area contributed by atoms with E-state index in [1.54, 1.807) is 10.7 Å². The minimum atomic E-state index is -0.305. The van der Waals surface area contributed by atoms with E-state index in [1.807, 2.05) is 27.0 Å². The summed E-state index contributed by atoms with van der Waals surface area (Å²) < 4.78 is 16.7. The third kappa shape index (κ3) is 2.92. The third-order valence-electron chi connectivity index (χ3n) is 3.39. The quantitative estimate of drug-likeness (QED) is 0.664. The molecule has 1 unspecified atom stereocenters. The van der Waals surface area contributed by atoms with E-state index in [2.05, 4.69) is 26.5 Å². The van der Waals surface area contributed by atoms with Gasteiger partial charge >= 0.3 is 0 Å². The number of nitrogens with one attached hydrogen (secondary N) is 1. The van der Waals surface area contributed by atoms with Crippen LogP contribution >= 0.6 is 15.9 Å². The lowest BCUT2D eigenvalue weighted by molar-refractivity contribution is 0.496. The molecular weight excluding hydrogens is 323 g/mol. The number of aryl methyl sites for hydroxylation is 3. The summed E-state index contributed by atoms with van der Waals surface area (Å²) in [5.41, 5.74) is 6.15. The molecule has 0 aliphatic carbocycles. The highest BCUT2D eigenvalue weighted by Gasteiger charge is 2.20. The van der Waals surface area contributed by atoms with Gasteiger partial charge in [0.25, 0.3) is 0 Å². The average molecular weight is 341 g/mol. The van der Waals surface area contributed by atoms with Crippen molar-refractivity contribution in [2.45, 2.75) is 26.3 Å². The fourth-order valence-corrected chi connectivity index (χ4v) is 2.78. The molecule has 0 spiro atoms. The summed E-state index contributed by atoms with van der Waals surface area (Å²) in [6, 6.07) is 4.73. The zero-order valence-electron chi connectivity index (χ0n) is 11.7. The highest BCUT2D eigenvalue weighted by molar-refractivity contribution is 9.10. The van der Waals surface area contributed by atoms with Gasteiger partial charge in [-0.15, -0.1) is 0 Å². The summed E-state index contributed by atoms with van der Waals surface area (Å²) >= 11 is 3.52. The van der Waals surface area contributed by atoms with Crippen LogP contribution in [-0.4, -0.2) is 9.78 Å². The first-order valence-corrected chi connectivity index (χ1v) is 7.13. The van der Waals surface area contributed by atoms with E-state index >= 15 is 0 Å². The summed E-state index contributed by atoms with van der Waals surface area (Å²) in [6.45, 7) is 3.85. The van der Waals surface area contributed by atoms with Crippen molar-refractivity contribution in [3.63, 3.8) is 0 Å². The Morgan fingerprint density at radius 2 is 2.15 bits per heavy atom. The lowest BCUT2D eigenvalue weighted by atomic mass is 10.00. The summed E-state index contributed by atoms with van der Waals surface area (Å²) in [5.74, 6) is 5.36. The van der Waals surface area contributed by atoms with Gasteiger partial charge in [-0.05, 0) is 35.8 Å². The van der Waals surface area contributed by atoms with Crippen molar-refractivity contribution >= 4 is 15.9 Å². The van der Waals surface area contributed by atoms with E-state index in [0.29, 0.717) is 12.0 Å². The first kappa shape index (κ1) is 15.2. The van der Waals surface area contributed by atoms with Crippen LogP contribution in [0.4, 0.5) is 4.39 Å². The van der Waals surface area contributed by atoms with Crippen LogP contribution in [0.5, 0.6) is 0 Å². The molecule has 20 heavy (non-hydrogen) atoms. The van der Waals surface area contributed by atoms with Gasteiger partial charge in [0.15, 0.2) is 0 Å². The van der Waals surface area contributed by atoms with Crippen molar-refractivity contribution < 1.29 is 4.39 Å². The maximum absolute atomic E-state index is 14.0. The number of aromatic nitrogens is 2. The molecule has 6 heteroatoms. The highest BCUT2D eigenvalue weighted by atomic mass is 79.9. The number of benzene rings is 1. The lowest BCUT2D eigenvalue weighted by Gasteiger charge is -2.18. The molecule has 1 heterocycles. The van der Waals surface area contributed by atoms with E-state index in [9.17, 15) is 4.39 Å². The SMILES string of the molecule is Cc1ccc(F)c(C(Cc2c(Br)c(C)nn2C)NN)c1. The Kier molecular flexibility index (Phi) is 4.57. The second-order valence-electron chi connectivity index (χ2n) is 4.92. The van der Waals surface area contributed by atoms with Crippen LogP contribution in [0.25, 0.3) is 0 Å². The van der Waals surface area contributed by atoms with Crippen molar-refractivity contribution in [3.8, 4) is 0 Å². The Morgan fingerprint density at radius 3 is 2.70 bits per heavy atom. The van der Waals surface area contributed by atoms with E-state index in [4.69, 9.17) is 5.84 Å². The van der Waals surface area contributed by atoms with Gasteiger partial charge in [0.05, 0.1) is 21.9 Å². The van der Waals surface area contributed by atoms with Gasteiger partial charge in [0.1, 0.15) is 5.82 Å². The van der Waals surface area contributed by atoms with E-state index in [0.717, 1.165) is 21.4 Å². The number of hydrogen-bond donors (Lipinski definition) is 2. The maximum Gasteiger partial charge on any atom is 0.128 e. The number of nitrogens with two attached hydrogens (primary N) is 1. The average Bonchev–Trinajstić information content (AvgIpc) is 2.65. The standard InChI is InChI=1S/C14H18BrFN4/c1-8-4-5-11(16)10(6-8)12(18-17)7-13-14(15)9(2)19-20(13)3/h4-6,12,18H,7,17H2,1-3H3. The summed E-state index contributed by atoms with van der Waals surface area (Å²) in [5, 5.41) is 4.34. The van der Waals surface area contributed by atoms with Gasteiger partial charge in [-0.1, -0.05) is 17.7 Å². The van der Waals surface area contributed by atoms with Gasteiger partial charge in [-0.2, -0.15) is 5.10 Å². The molecule has 0 aliphatic heterocycles. The molecule has 1 aromatic carbocycles. The van der Waals surface area contributed by atoms with Crippen LogP contribution in [0, 0.1) is 19.7 Å². The maximum atomic E-state index is 14.0. The lowest BCUT2D eigenvalue weighted by Crippen LogP contribution is -2.31. The Labute approximate surface area is 126 Å². The van der Waals surface area contributed by atoms with Crippen molar-refractivity contribution in [2.24, 2.45) is 12.9 Å². The normalized spacial score (nSPS) is 12.7. The second kappa shape index (κ2) is 6.03. The highest BCUT2D eigenvalue weighted by Crippen LogP contribution is 2.27. The Balaban J connectivity index is 2.36. The van der Waals surface area contributed by atoms with Crippen LogP contribution in [-0.2, 0) is 13.5 Å². The summed E-state index contributed by atoms with van der Waals surface area (Å²) in [6.07, 6.45) is 0.550. The van der Waals surface area contributed by atoms with Crippen LogP contribution in [0.15, 0.2) is 22.7 Å². The van der Waals surface area contributed by atoms with Crippen molar-refractivity contribution in [2.75, 3.05) is 0 Å². The zero-order chi connectivity index (χ0) is 14.9. The molecular formula is C14H18BrFN4. The molecule has 0 aliphatic rings. The minimum absolute atomic E-state index is 0.256. The Hall–Kier alpha value is -1.24. The van der Waals surface area contributed by atoms with Gasteiger partial charge in [-0.3, -0.25) is 16.0 Å². The topological polar surface area (TPSA) is 55.9 Å². The predicted molar refractivity (Wildman–Crippen MR) is 80.6 cm³/mol. The molecule has 2 aromatic rings. The molecule has 108 valence electrons. The van der Waals surface area contributed by atoms with E-state index in [-0.39, 0.29) is 11.9 Å². The number of rotatable bonds is 4. The monoisotopic (exact) mass is 340 g/mol. The van der Waals surface area contributed by atoms with Gasteiger partial charge in [0.2, 0.25) is 0 Å². The molecule has 0 fully saturated rings. The van der Waals surface area contributed by atoms with E-state index in [1.165, 1.54) is 6.07 Å².